The van der Waals surface area contributed by atoms with Gasteiger partial charge >= 0.3 is 6.09 Å². The number of carbonyl (C=O) groups is 2. The Balaban J connectivity index is 2.35. The van der Waals surface area contributed by atoms with E-state index in [1.165, 1.54) is 0 Å². The lowest BCUT2D eigenvalue weighted by molar-refractivity contribution is 0.0982. The predicted molar refractivity (Wildman–Crippen MR) is 60.0 cm³/mol. The van der Waals surface area contributed by atoms with Crippen LogP contribution in [0.1, 0.15) is 35.2 Å². The van der Waals surface area contributed by atoms with E-state index >= 15 is 0 Å². The van der Waals surface area contributed by atoms with E-state index in [9.17, 15) is 9.59 Å². The second-order valence-electron chi connectivity index (χ2n) is 3.93. The monoisotopic (exact) mass is 219 g/mol. The van der Waals surface area contributed by atoms with E-state index in [1.807, 2.05) is 6.07 Å². The van der Waals surface area contributed by atoms with Crippen LogP contribution >= 0.6 is 0 Å². The van der Waals surface area contributed by atoms with Gasteiger partial charge in [-0.15, -0.1) is 0 Å². The fourth-order valence-corrected chi connectivity index (χ4v) is 1.99. The van der Waals surface area contributed by atoms with Crippen molar-refractivity contribution in [2.45, 2.75) is 25.7 Å². The van der Waals surface area contributed by atoms with E-state index in [0.717, 1.165) is 24.8 Å². The lowest BCUT2D eigenvalue weighted by atomic mass is 10.0. The van der Waals surface area contributed by atoms with Gasteiger partial charge < -0.3 is 5.11 Å². The van der Waals surface area contributed by atoms with Crippen LogP contribution < -0.4 is 5.32 Å². The molecule has 2 N–H and O–H groups in total. The summed E-state index contributed by atoms with van der Waals surface area (Å²) in [4.78, 5) is 22.3. The third-order valence-corrected chi connectivity index (χ3v) is 2.76. The third-order valence-electron chi connectivity index (χ3n) is 2.76. The standard InChI is InChI=1S/C12H13NO3/c14-11-4-2-1-3-8-5-6-9(7-10(8)11)13-12(15)16/h5-7,13H,1-4H2,(H,15,16). The first kappa shape index (κ1) is 10.7. The maximum absolute atomic E-state index is 11.8. The van der Waals surface area contributed by atoms with Crippen molar-refractivity contribution in [3.05, 3.63) is 29.3 Å². The second-order valence-corrected chi connectivity index (χ2v) is 3.93. The SMILES string of the molecule is O=C(O)Nc1ccc2c(c1)C(=O)CCCC2. The van der Waals surface area contributed by atoms with Crippen LogP contribution in [0.15, 0.2) is 18.2 Å². The van der Waals surface area contributed by atoms with Gasteiger partial charge in [0.2, 0.25) is 0 Å². The van der Waals surface area contributed by atoms with Crippen LogP contribution in [0, 0.1) is 0 Å². The predicted octanol–water partition coefficient (Wildman–Crippen LogP) is 2.69. The van der Waals surface area contributed by atoms with Crippen LogP contribution in [0.3, 0.4) is 0 Å². The van der Waals surface area contributed by atoms with Gasteiger partial charge in [0.1, 0.15) is 0 Å². The quantitative estimate of drug-likeness (QED) is 0.713. The van der Waals surface area contributed by atoms with Crippen molar-refractivity contribution in [2.75, 3.05) is 5.32 Å². The second kappa shape index (κ2) is 4.35. The highest BCUT2D eigenvalue weighted by Gasteiger charge is 2.16. The Morgan fingerprint density at radius 3 is 2.75 bits per heavy atom. The molecule has 16 heavy (non-hydrogen) atoms. The van der Waals surface area contributed by atoms with E-state index in [4.69, 9.17) is 5.11 Å². The summed E-state index contributed by atoms with van der Waals surface area (Å²) >= 11 is 0. The Morgan fingerprint density at radius 1 is 1.25 bits per heavy atom. The number of carbonyl (C=O) groups excluding carboxylic acids is 1. The number of nitrogens with one attached hydrogen (secondary N) is 1. The molecule has 4 nitrogen and oxygen atoms in total. The summed E-state index contributed by atoms with van der Waals surface area (Å²) in [5.74, 6) is 0.113. The minimum atomic E-state index is -1.11. The van der Waals surface area contributed by atoms with E-state index in [1.54, 1.807) is 12.1 Å². The fraction of sp³-hybridized carbons (Fsp3) is 0.333. The van der Waals surface area contributed by atoms with Crippen LogP contribution in [0.2, 0.25) is 0 Å². The topological polar surface area (TPSA) is 66.4 Å². The van der Waals surface area contributed by atoms with E-state index in [-0.39, 0.29) is 5.78 Å². The lowest BCUT2D eigenvalue weighted by Crippen LogP contribution is -2.09. The van der Waals surface area contributed by atoms with E-state index in [0.29, 0.717) is 17.7 Å². The van der Waals surface area contributed by atoms with Gasteiger partial charge in [-0.05, 0) is 37.0 Å². The number of Topliss-reactive ketones (excluding diaryl/α,β-unsaturated/α-hetero) is 1. The number of amides is 1. The largest absolute Gasteiger partial charge is 0.465 e. The summed E-state index contributed by atoms with van der Waals surface area (Å²) < 4.78 is 0. The number of benzene rings is 1. The van der Waals surface area contributed by atoms with Crippen molar-refractivity contribution in [3.63, 3.8) is 0 Å². The zero-order valence-corrected chi connectivity index (χ0v) is 8.82. The highest BCUT2D eigenvalue weighted by Crippen LogP contribution is 2.23. The van der Waals surface area contributed by atoms with Crippen LogP contribution in [0.4, 0.5) is 10.5 Å². The minimum Gasteiger partial charge on any atom is -0.465 e. The van der Waals surface area contributed by atoms with Crippen LogP contribution in [-0.2, 0) is 6.42 Å². The Morgan fingerprint density at radius 2 is 2.00 bits per heavy atom. The molecule has 0 saturated carbocycles. The molecule has 84 valence electrons. The Hall–Kier alpha value is -1.84. The van der Waals surface area contributed by atoms with Gasteiger partial charge in [-0.25, -0.2) is 4.79 Å². The average Bonchev–Trinajstić information content (AvgIpc) is 2.41. The molecule has 0 bridgehead atoms. The molecule has 0 spiro atoms. The van der Waals surface area contributed by atoms with E-state index in [2.05, 4.69) is 5.32 Å². The molecule has 1 aromatic rings. The summed E-state index contributed by atoms with van der Waals surface area (Å²) in [6, 6.07) is 5.17. The van der Waals surface area contributed by atoms with Crippen molar-refractivity contribution in [3.8, 4) is 0 Å². The Bertz CT molecular complexity index is 440. The van der Waals surface area contributed by atoms with Crippen molar-refractivity contribution in [1.82, 2.24) is 0 Å². The number of hydrogen-bond donors (Lipinski definition) is 2. The molecule has 2 rings (SSSR count). The lowest BCUT2D eigenvalue weighted by Gasteiger charge is -2.07. The summed E-state index contributed by atoms with van der Waals surface area (Å²) in [7, 11) is 0. The Kier molecular flexibility index (Phi) is 2.90. The zero-order valence-electron chi connectivity index (χ0n) is 8.82. The maximum atomic E-state index is 11.8. The number of aryl methyl sites for hydroxylation is 1. The third kappa shape index (κ3) is 2.21. The van der Waals surface area contributed by atoms with Crippen LogP contribution in [0.5, 0.6) is 0 Å². The van der Waals surface area contributed by atoms with Gasteiger partial charge in [0, 0.05) is 17.7 Å². The van der Waals surface area contributed by atoms with Crippen molar-refractivity contribution < 1.29 is 14.7 Å². The number of fused-ring (bicyclic) bond motifs is 1. The summed E-state index contributed by atoms with van der Waals surface area (Å²) in [6.07, 6.45) is 2.28. The summed E-state index contributed by atoms with van der Waals surface area (Å²) in [5.41, 5.74) is 2.16. The summed E-state index contributed by atoms with van der Waals surface area (Å²) in [6.45, 7) is 0. The molecule has 1 aliphatic rings. The van der Waals surface area contributed by atoms with Crippen molar-refractivity contribution >= 4 is 17.6 Å². The van der Waals surface area contributed by atoms with Gasteiger partial charge in [0.05, 0.1) is 0 Å². The first-order valence-electron chi connectivity index (χ1n) is 5.33. The molecule has 0 heterocycles. The molecular formula is C12H13NO3. The number of ketones is 1. The minimum absolute atomic E-state index is 0.113. The molecule has 4 heteroatoms. The van der Waals surface area contributed by atoms with Crippen molar-refractivity contribution in [2.24, 2.45) is 0 Å². The number of hydrogen-bond acceptors (Lipinski definition) is 2. The molecule has 1 aliphatic carbocycles. The smallest absolute Gasteiger partial charge is 0.409 e. The van der Waals surface area contributed by atoms with E-state index < -0.39 is 6.09 Å². The first-order valence-corrected chi connectivity index (χ1v) is 5.33. The van der Waals surface area contributed by atoms with Gasteiger partial charge in [0.15, 0.2) is 5.78 Å². The highest BCUT2D eigenvalue weighted by molar-refractivity contribution is 5.99. The first-order chi connectivity index (χ1) is 7.66. The van der Waals surface area contributed by atoms with Gasteiger partial charge in [0.25, 0.3) is 0 Å². The number of anilines is 1. The normalized spacial score (nSPS) is 15.1. The summed E-state index contributed by atoms with van der Waals surface area (Å²) in [5, 5.41) is 10.9. The molecule has 0 unspecified atom stereocenters. The maximum Gasteiger partial charge on any atom is 0.409 e. The molecular weight excluding hydrogens is 206 g/mol. The van der Waals surface area contributed by atoms with Crippen molar-refractivity contribution in [1.29, 1.82) is 0 Å². The van der Waals surface area contributed by atoms with Gasteiger partial charge in [-0.2, -0.15) is 0 Å². The molecule has 1 amide bonds. The molecule has 0 saturated heterocycles. The molecule has 1 aromatic carbocycles. The molecule has 0 aliphatic heterocycles. The zero-order chi connectivity index (χ0) is 11.5. The molecule has 0 aromatic heterocycles. The van der Waals surface area contributed by atoms with Gasteiger partial charge in [-0.1, -0.05) is 6.07 Å². The Labute approximate surface area is 93.3 Å². The highest BCUT2D eigenvalue weighted by atomic mass is 16.4. The molecule has 0 fully saturated rings. The van der Waals surface area contributed by atoms with Gasteiger partial charge in [-0.3, -0.25) is 10.1 Å². The van der Waals surface area contributed by atoms with Crippen LogP contribution in [0.25, 0.3) is 0 Å². The number of carboxylic acid groups (broad SMARTS) is 1. The molecule has 0 atom stereocenters. The fourth-order valence-electron chi connectivity index (χ4n) is 1.99. The number of rotatable bonds is 1. The average molecular weight is 219 g/mol. The molecule has 0 radical (unpaired) electrons. The van der Waals surface area contributed by atoms with Crippen LogP contribution in [-0.4, -0.2) is 17.0 Å².